The van der Waals surface area contributed by atoms with Gasteiger partial charge in [-0.05, 0) is 44.4 Å². The maximum atomic E-state index is 12.9. The van der Waals surface area contributed by atoms with Crippen molar-refractivity contribution in [3.05, 3.63) is 63.3 Å². The number of hydrogen-bond donors (Lipinski definition) is 1. The summed E-state index contributed by atoms with van der Waals surface area (Å²) in [7, 11) is 0. The SMILES string of the molecule is CC(=O)c1cc(C(=O)N2CCCC(OCc3cccnc3)C2)c(=O)[nH]c1C. The summed E-state index contributed by atoms with van der Waals surface area (Å²) in [6.07, 6.45) is 5.01. The first-order chi connectivity index (χ1) is 13.0. The van der Waals surface area contributed by atoms with Gasteiger partial charge in [-0.25, -0.2) is 0 Å². The molecule has 0 saturated carbocycles. The van der Waals surface area contributed by atoms with Crippen LogP contribution in [0.1, 0.15) is 51.7 Å². The number of nitrogens with one attached hydrogen (secondary N) is 1. The van der Waals surface area contributed by atoms with E-state index < -0.39 is 5.56 Å². The van der Waals surface area contributed by atoms with E-state index in [9.17, 15) is 14.4 Å². The van der Waals surface area contributed by atoms with Gasteiger partial charge in [0.05, 0.1) is 12.7 Å². The minimum atomic E-state index is -0.471. The number of nitrogens with zero attached hydrogens (tertiary/aromatic N) is 2. The molecule has 1 amide bonds. The summed E-state index contributed by atoms with van der Waals surface area (Å²) < 4.78 is 5.92. The van der Waals surface area contributed by atoms with Gasteiger partial charge in [0.2, 0.25) is 0 Å². The summed E-state index contributed by atoms with van der Waals surface area (Å²) >= 11 is 0. The van der Waals surface area contributed by atoms with Gasteiger partial charge in [0.25, 0.3) is 11.5 Å². The number of rotatable bonds is 5. The number of carbonyl (C=O) groups excluding carboxylic acids is 2. The lowest BCUT2D eigenvalue weighted by Gasteiger charge is -2.32. The first kappa shape index (κ1) is 19.0. The van der Waals surface area contributed by atoms with E-state index in [1.54, 1.807) is 24.2 Å². The van der Waals surface area contributed by atoms with Crippen molar-refractivity contribution in [2.24, 2.45) is 0 Å². The van der Waals surface area contributed by atoms with Crippen LogP contribution in [0, 0.1) is 6.92 Å². The van der Waals surface area contributed by atoms with Crippen molar-refractivity contribution in [3.8, 4) is 0 Å². The van der Waals surface area contributed by atoms with Gasteiger partial charge in [-0.15, -0.1) is 0 Å². The number of aromatic nitrogens is 2. The molecule has 1 N–H and O–H groups in total. The number of hydrogen-bond acceptors (Lipinski definition) is 5. The molecule has 1 saturated heterocycles. The second kappa shape index (κ2) is 8.26. The van der Waals surface area contributed by atoms with Crippen LogP contribution in [0.2, 0.25) is 0 Å². The minimum absolute atomic E-state index is 0.00120. The molecule has 1 aliphatic rings. The average Bonchev–Trinajstić information content (AvgIpc) is 2.67. The maximum absolute atomic E-state index is 12.9. The van der Waals surface area contributed by atoms with Crippen LogP contribution in [0.15, 0.2) is 35.4 Å². The zero-order valence-corrected chi connectivity index (χ0v) is 15.5. The number of ketones is 1. The van der Waals surface area contributed by atoms with Gasteiger partial charge in [0.1, 0.15) is 5.56 Å². The summed E-state index contributed by atoms with van der Waals surface area (Å²) in [5, 5.41) is 0. The highest BCUT2D eigenvalue weighted by atomic mass is 16.5. The van der Waals surface area contributed by atoms with E-state index >= 15 is 0 Å². The van der Waals surface area contributed by atoms with Crippen molar-refractivity contribution in [3.63, 3.8) is 0 Å². The van der Waals surface area contributed by atoms with Crippen molar-refractivity contribution in [2.45, 2.75) is 39.4 Å². The number of carbonyl (C=O) groups is 2. The molecule has 0 radical (unpaired) electrons. The zero-order valence-electron chi connectivity index (χ0n) is 15.5. The first-order valence-electron chi connectivity index (χ1n) is 9.00. The lowest BCUT2D eigenvalue weighted by atomic mass is 10.0. The quantitative estimate of drug-likeness (QED) is 0.815. The molecule has 1 aliphatic heterocycles. The molecular weight excluding hydrogens is 346 g/mol. The molecule has 1 unspecified atom stereocenters. The van der Waals surface area contributed by atoms with E-state index in [1.807, 2.05) is 12.1 Å². The Bertz CT molecular complexity index is 892. The second-order valence-corrected chi connectivity index (χ2v) is 6.79. The largest absolute Gasteiger partial charge is 0.372 e. The Morgan fingerprint density at radius 3 is 2.89 bits per heavy atom. The standard InChI is InChI=1S/C20H23N3O4/c1-13-17(14(2)24)9-18(19(25)22-13)20(26)23-8-4-6-16(11-23)27-12-15-5-3-7-21-10-15/h3,5,7,9-10,16H,4,6,8,11-12H2,1-2H3,(H,22,25). The Morgan fingerprint density at radius 1 is 1.37 bits per heavy atom. The van der Waals surface area contributed by atoms with E-state index in [2.05, 4.69) is 9.97 Å². The van der Waals surface area contributed by atoms with Crippen LogP contribution >= 0.6 is 0 Å². The van der Waals surface area contributed by atoms with E-state index in [0.717, 1.165) is 18.4 Å². The van der Waals surface area contributed by atoms with Crippen molar-refractivity contribution >= 4 is 11.7 Å². The van der Waals surface area contributed by atoms with Gasteiger partial charge in [0, 0.05) is 36.7 Å². The van der Waals surface area contributed by atoms with Gasteiger partial charge in [0.15, 0.2) is 5.78 Å². The average molecular weight is 369 g/mol. The topological polar surface area (TPSA) is 92.4 Å². The van der Waals surface area contributed by atoms with E-state index in [-0.39, 0.29) is 23.4 Å². The molecule has 0 spiro atoms. The Morgan fingerprint density at radius 2 is 2.19 bits per heavy atom. The molecule has 0 aliphatic carbocycles. The van der Waals surface area contributed by atoms with E-state index in [1.165, 1.54) is 13.0 Å². The Kier molecular flexibility index (Phi) is 5.81. The summed E-state index contributed by atoms with van der Waals surface area (Å²) in [6, 6.07) is 5.19. The van der Waals surface area contributed by atoms with Gasteiger partial charge in [-0.3, -0.25) is 19.4 Å². The van der Waals surface area contributed by atoms with Gasteiger partial charge in [-0.2, -0.15) is 0 Å². The molecule has 142 valence electrons. The molecule has 2 aromatic rings. The molecule has 0 bridgehead atoms. The lowest BCUT2D eigenvalue weighted by molar-refractivity contribution is -0.00686. The van der Waals surface area contributed by atoms with Crippen LogP contribution in [0.3, 0.4) is 0 Å². The van der Waals surface area contributed by atoms with Crippen LogP contribution in [0.5, 0.6) is 0 Å². The van der Waals surface area contributed by atoms with Gasteiger partial charge >= 0.3 is 0 Å². The predicted octanol–water partition coefficient (Wildman–Crippen LogP) is 2.10. The zero-order chi connectivity index (χ0) is 19.4. The molecule has 7 heteroatoms. The van der Waals surface area contributed by atoms with Crippen LogP contribution in [-0.4, -0.2) is 45.8 Å². The highest BCUT2D eigenvalue weighted by Crippen LogP contribution is 2.17. The number of ether oxygens (including phenoxy) is 1. The van der Waals surface area contributed by atoms with Crippen LogP contribution in [0.4, 0.5) is 0 Å². The number of amides is 1. The highest BCUT2D eigenvalue weighted by Gasteiger charge is 2.27. The lowest BCUT2D eigenvalue weighted by Crippen LogP contribution is -2.44. The van der Waals surface area contributed by atoms with Crippen LogP contribution in [0.25, 0.3) is 0 Å². The summed E-state index contributed by atoms with van der Waals surface area (Å²) in [6.45, 7) is 4.48. The fourth-order valence-corrected chi connectivity index (χ4v) is 3.27. The molecule has 1 fully saturated rings. The van der Waals surface area contributed by atoms with E-state index in [0.29, 0.717) is 31.0 Å². The second-order valence-electron chi connectivity index (χ2n) is 6.79. The number of aryl methyl sites for hydroxylation is 1. The molecule has 27 heavy (non-hydrogen) atoms. The van der Waals surface area contributed by atoms with Crippen molar-refractivity contribution in [1.29, 1.82) is 0 Å². The summed E-state index contributed by atoms with van der Waals surface area (Å²) in [4.78, 5) is 45.1. The highest BCUT2D eigenvalue weighted by molar-refractivity contribution is 5.99. The molecule has 7 nitrogen and oxygen atoms in total. The fourth-order valence-electron chi connectivity index (χ4n) is 3.27. The fraction of sp³-hybridized carbons (Fsp3) is 0.400. The van der Waals surface area contributed by atoms with Crippen LogP contribution in [-0.2, 0) is 11.3 Å². The minimum Gasteiger partial charge on any atom is -0.372 e. The molecule has 1 atom stereocenters. The first-order valence-corrected chi connectivity index (χ1v) is 9.00. The number of Topliss-reactive ketones (excluding diaryl/α,β-unsaturated/α-hetero) is 1. The van der Waals surface area contributed by atoms with Gasteiger partial charge in [-0.1, -0.05) is 6.07 Å². The molecule has 0 aromatic carbocycles. The number of likely N-dealkylation sites (tertiary alicyclic amines) is 1. The smallest absolute Gasteiger partial charge is 0.261 e. The summed E-state index contributed by atoms with van der Waals surface area (Å²) in [5.41, 5.74) is 1.33. The molecule has 3 heterocycles. The maximum Gasteiger partial charge on any atom is 0.261 e. The number of aromatic amines is 1. The third-order valence-electron chi connectivity index (χ3n) is 4.72. The van der Waals surface area contributed by atoms with Crippen molar-refractivity contribution in [2.75, 3.05) is 13.1 Å². The van der Waals surface area contributed by atoms with Crippen molar-refractivity contribution < 1.29 is 14.3 Å². The third kappa shape index (κ3) is 4.49. The monoisotopic (exact) mass is 369 g/mol. The normalized spacial score (nSPS) is 17.0. The van der Waals surface area contributed by atoms with Crippen LogP contribution < -0.4 is 5.56 Å². The Balaban J connectivity index is 1.70. The Hall–Kier alpha value is -2.80. The third-order valence-corrected chi connectivity index (χ3v) is 4.72. The Labute approximate surface area is 157 Å². The number of pyridine rings is 2. The van der Waals surface area contributed by atoms with E-state index in [4.69, 9.17) is 4.74 Å². The molecule has 2 aromatic heterocycles. The molecular formula is C20H23N3O4. The number of H-pyrrole nitrogens is 1. The predicted molar refractivity (Wildman–Crippen MR) is 99.8 cm³/mol. The number of piperidine rings is 1. The van der Waals surface area contributed by atoms with Gasteiger partial charge < -0.3 is 14.6 Å². The molecule has 3 rings (SSSR count). The van der Waals surface area contributed by atoms with Crippen molar-refractivity contribution in [1.82, 2.24) is 14.9 Å². The summed E-state index contributed by atoms with van der Waals surface area (Å²) in [5.74, 6) is -0.553.